The normalized spacial score (nSPS) is 12.1. The fourth-order valence-electron chi connectivity index (χ4n) is 1.86. The van der Waals surface area contributed by atoms with Crippen LogP contribution in [0.15, 0.2) is 18.2 Å². The van der Waals surface area contributed by atoms with Crippen LogP contribution in [0, 0.1) is 0 Å². The highest BCUT2D eigenvalue weighted by molar-refractivity contribution is 5.73. The lowest BCUT2D eigenvalue weighted by Gasteiger charge is -2.19. The van der Waals surface area contributed by atoms with E-state index >= 15 is 0 Å². The summed E-state index contributed by atoms with van der Waals surface area (Å²) in [6.45, 7) is 5.81. The van der Waals surface area contributed by atoms with E-state index in [-0.39, 0.29) is 18.1 Å². The summed E-state index contributed by atoms with van der Waals surface area (Å²) in [4.78, 5) is 11.8. The van der Waals surface area contributed by atoms with Crippen LogP contribution in [-0.2, 0) is 22.4 Å². The van der Waals surface area contributed by atoms with Gasteiger partial charge in [0.2, 0.25) is 0 Å². The highest BCUT2D eigenvalue weighted by atomic mass is 19.4. The first-order chi connectivity index (χ1) is 10.00. The van der Waals surface area contributed by atoms with Crippen LogP contribution < -0.4 is 4.74 Å². The molecule has 6 heteroatoms. The first-order valence-electron chi connectivity index (χ1n) is 7.03. The van der Waals surface area contributed by atoms with Crippen molar-refractivity contribution in [3.8, 4) is 5.75 Å². The average molecular weight is 318 g/mol. The number of halogens is 3. The monoisotopic (exact) mass is 318 g/mol. The van der Waals surface area contributed by atoms with Crippen molar-refractivity contribution in [2.45, 2.75) is 52.3 Å². The van der Waals surface area contributed by atoms with E-state index in [1.165, 1.54) is 6.07 Å². The third kappa shape index (κ3) is 6.83. The minimum absolute atomic E-state index is 0.0732. The fourth-order valence-corrected chi connectivity index (χ4v) is 1.86. The molecular formula is C16H21F3O3. The van der Waals surface area contributed by atoms with Crippen molar-refractivity contribution in [2.24, 2.45) is 0 Å². The summed E-state index contributed by atoms with van der Waals surface area (Å²) in [5.41, 5.74) is 0.747. The third-order valence-corrected chi connectivity index (χ3v) is 2.67. The molecule has 0 aliphatic heterocycles. The van der Waals surface area contributed by atoms with E-state index in [1.807, 2.05) is 6.92 Å². The zero-order valence-electron chi connectivity index (χ0n) is 13.2. The molecule has 0 bridgehead atoms. The zero-order valence-corrected chi connectivity index (χ0v) is 13.2. The smallest absolute Gasteiger partial charge is 0.422 e. The predicted octanol–water partition coefficient (Wildman–Crippen LogP) is 4.07. The van der Waals surface area contributed by atoms with Gasteiger partial charge in [-0.25, -0.2) is 0 Å². The lowest BCUT2D eigenvalue weighted by molar-refractivity contribution is -0.154. The number of alkyl halides is 3. The molecule has 0 N–H and O–H groups in total. The van der Waals surface area contributed by atoms with Crippen molar-refractivity contribution in [2.75, 3.05) is 6.61 Å². The molecular weight excluding hydrogens is 297 g/mol. The molecule has 3 nitrogen and oxygen atoms in total. The van der Waals surface area contributed by atoms with Crippen molar-refractivity contribution >= 4 is 5.97 Å². The molecule has 0 radical (unpaired) electrons. The summed E-state index contributed by atoms with van der Waals surface area (Å²) in [5.74, 6) is -0.189. The molecule has 0 unspecified atom stereocenters. The number of benzene rings is 1. The predicted molar refractivity (Wildman–Crippen MR) is 76.9 cm³/mol. The standard InChI is InChI=1S/C16H21F3O3/c1-5-12-8-11(9-14(20)22-15(2,3)4)6-7-13(12)21-10-16(17,18)19/h6-8H,5,9-10H2,1-4H3. The third-order valence-electron chi connectivity index (χ3n) is 2.67. The molecule has 0 heterocycles. The summed E-state index contributed by atoms with van der Waals surface area (Å²) in [6, 6.07) is 4.72. The summed E-state index contributed by atoms with van der Waals surface area (Å²) in [6.07, 6.45) is -3.79. The Morgan fingerprint density at radius 3 is 2.32 bits per heavy atom. The topological polar surface area (TPSA) is 35.5 Å². The lowest BCUT2D eigenvalue weighted by atomic mass is 10.1. The van der Waals surface area contributed by atoms with Gasteiger partial charge in [-0.05, 0) is 44.4 Å². The van der Waals surface area contributed by atoms with E-state index in [0.717, 1.165) is 0 Å². The van der Waals surface area contributed by atoms with E-state index < -0.39 is 18.4 Å². The molecule has 0 aromatic heterocycles. The van der Waals surface area contributed by atoms with E-state index in [4.69, 9.17) is 9.47 Å². The van der Waals surface area contributed by atoms with Gasteiger partial charge < -0.3 is 9.47 Å². The van der Waals surface area contributed by atoms with E-state index in [0.29, 0.717) is 17.5 Å². The second-order valence-corrected chi connectivity index (χ2v) is 5.96. The Labute approximate surface area is 128 Å². The largest absolute Gasteiger partial charge is 0.484 e. The van der Waals surface area contributed by atoms with Gasteiger partial charge in [-0.1, -0.05) is 19.1 Å². The molecule has 1 aromatic carbocycles. The number of esters is 1. The summed E-state index contributed by atoms with van der Waals surface area (Å²) in [7, 11) is 0. The molecule has 0 spiro atoms. The first kappa shape index (κ1) is 18.3. The highest BCUT2D eigenvalue weighted by Crippen LogP contribution is 2.24. The zero-order chi connectivity index (χ0) is 17.0. The fraction of sp³-hybridized carbons (Fsp3) is 0.562. The number of carbonyl (C=O) groups excluding carboxylic acids is 1. The van der Waals surface area contributed by atoms with Gasteiger partial charge in [0.05, 0.1) is 6.42 Å². The van der Waals surface area contributed by atoms with Crippen molar-refractivity contribution in [1.82, 2.24) is 0 Å². The molecule has 0 saturated carbocycles. The Morgan fingerprint density at radius 1 is 1.18 bits per heavy atom. The van der Waals surface area contributed by atoms with Gasteiger partial charge in [0.1, 0.15) is 11.4 Å². The van der Waals surface area contributed by atoms with Gasteiger partial charge in [0.15, 0.2) is 6.61 Å². The van der Waals surface area contributed by atoms with Crippen molar-refractivity contribution in [3.05, 3.63) is 29.3 Å². The molecule has 1 rings (SSSR count). The highest BCUT2D eigenvalue weighted by Gasteiger charge is 2.28. The van der Waals surface area contributed by atoms with Gasteiger partial charge in [-0.3, -0.25) is 4.79 Å². The number of rotatable bonds is 5. The van der Waals surface area contributed by atoms with E-state index in [9.17, 15) is 18.0 Å². The molecule has 0 atom stereocenters. The number of ether oxygens (including phenoxy) is 2. The molecule has 0 fully saturated rings. The van der Waals surface area contributed by atoms with Gasteiger partial charge in [0, 0.05) is 0 Å². The second-order valence-electron chi connectivity index (χ2n) is 5.96. The van der Waals surface area contributed by atoms with Gasteiger partial charge in [-0.15, -0.1) is 0 Å². The average Bonchev–Trinajstić information content (AvgIpc) is 2.33. The molecule has 1 aromatic rings. The molecule has 22 heavy (non-hydrogen) atoms. The van der Waals surface area contributed by atoms with Gasteiger partial charge in [-0.2, -0.15) is 13.2 Å². The first-order valence-corrected chi connectivity index (χ1v) is 7.03. The van der Waals surface area contributed by atoms with Crippen LogP contribution in [0.4, 0.5) is 13.2 Å². The number of aryl methyl sites for hydroxylation is 1. The van der Waals surface area contributed by atoms with Crippen LogP contribution in [-0.4, -0.2) is 24.4 Å². The van der Waals surface area contributed by atoms with Crippen LogP contribution >= 0.6 is 0 Å². The maximum absolute atomic E-state index is 12.2. The Hall–Kier alpha value is -1.72. The number of hydrogen-bond acceptors (Lipinski definition) is 3. The summed E-state index contributed by atoms with van der Waals surface area (Å²) < 4.78 is 46.6. The van der Waals surface area contributed by atoms with E-state index in [1.54, 1.807) is 32.9 Å². The van der Waals surface area contributed by atoms with Crippen molar-refractivity contribution < 1.29 is 27.4 Å². The summed E-state index contributed by atoms with van der Waals surface area (Å²) >= 11 is 0. The lowest BCUT2D eigenvalue weighted by Crippen LogP contribution is -2.25. The molecule has 124 valence electrons. The van der Waals surface area contributed by atoms with Gasteiger partial charge >= 0.3 is 12.1 Å². The van der Waals surface area contributed by atoms with Crippen molar-refractivity contribution in [1.29, 1.82) is 0 Å². The Morgan fingerprint density at radius 2 is 1.82 bits per heavy atom. The maximum atomic E-state index is 12.2. The summed E-state index contributed by atoms with van der Waals surface area (Å²) in [5, 5.41) is 0. The second kappa shape index (κ2) is 7.03. The van der Waals surface area contributed by atoms with Gasteiger partial charge in [0.25, 0.3) is 0 Å². The van der Waals surface area contributed by atoms with Crippen LogP contribution in [0.2, 0.25) is 0 Å². The Balaban J connectivity index is 2.78. The SMILES string of the molecule is CCc1cc(CC(=O)OC(C)(C)C)ccc1OCC(F)(F)F. The van der Waals surface area contributed by atoms with Crippen LogP contribution in [0.5, 0.6) is 5.75 Å². The minimum Gasteiger partial charge on any atom is -0.484 e. The maximum Gasteiger partial charge on any atom is 0.422 e. The Bertz CT molecular complexity index is 516. The van der Waals surface area contributed by atoms with Crippen LogP contribution in [0.1, 0.15) is 38.8 Å². The van der Waals surface area contributed by atoms with E-state index in [2.05, 4.69) is 0 Å². The van der Waals surface area contributed by atoms with Crippen LogP contribution in [0.3, 0.4) is 0 Å². The molecule has 0 aliphatic carbocycles. The molecule has 0 amide bonds. The quantitative estimate of drug-likeness (QED) is 0.768. The minimum atomic E-state index is -4.37. The number of hydrogen-bond donors (Lipinski definition) is 0. The number of carbonyl (C=O) groups is 1. The Kier molecular flexibility index (Phi) is 5.85. The molecule has 0 aliphatic rings. The van der Waals surface area contributed by atoms with Crippen LogP contribution in [0.25, 0.3) is 0 Å². The van der Waals surface area contributed by atoms with Crippen molar-refractivity contribution in [3.63, 3.8) is 0 Å². The molecule has 0 saturated heterocycles.